The van der Waals surface area contributed by atoms with Gasteiger partial charge in [-0.2, -0.15) is 0 Å². The highest BCUT2D eigenvalue weighted by molar-refractivity contribution is 5.83. The zero-order valence-electron chi connectivity index (χ0n) is 12.1. The number of carbonyl (C=O) groups excluding carboxylic acids is 1. The molecule has 0 aromatic carbocycles. The first-order valence-electron chi connectivity index (χ1n) is 7.18. The molecule has 1 aliphatic heterocycles. The van der Waals surface area contributed by atoms with Crippen LogP contribution >= 0.6 is 0 Å². The summed E-state index contributed by atoms with van der Waals surface area (Å²) in [6.07, 6.45) is 4.10. The summed E-state index contributed by atoms with van der Waals surface area (Å²) in [4.78, 5) is 29.6. The summed E-state index contributed by atoms with van der Waals surface area (Å²) in [7, 11) is 0. The third-order valence-electron chi connectivity index (χ3n) is 4.00. The Morgan fingerprint density at radius 3 is 2.76 bits per heavy atom. The van der Waals surface area contributed by atoms with Crippen molar-refractivity contribution in [1.29, 1.82) is 0 Å². The molecule has 2 heterocycles. The van der Waals surface area contributed by atoms with E-state index < -0.39 is 18.1 Å². The second-order valence-corrected chi connectivity index (χ2v) is 5.87. The van der Waals surface area contributed by atoms with E-state index in [1.807, 2.05) is 18.4 Å². The first kappa shape index (κ1) is 14.1. The molecule has 2 aliphatic rings. The highest BCUT2D eigenvalue weighted by Gasteiger charge is 2.48. The number of aromatic nitrogens is 2. The van der Waals surface area contributed by atoms with E-state index in [4.69, 9.17) is 4.74 Å². The van der Waals surface area contributed by atoms with E-state index >= 15 is 0 Å². The molecule has 3 rings (SSSR count). The number of hydrogen-bond donors (Lipinski definition) is 1. The van der Waals surface area contributed by atoms with E-state index in [1.54, 1.807) is 17.4 Å². The molecule has 2 unspecified atom stereocenters. The first-order chi connectivity index (χ1) is 10.0. The number of ether oxygens (including phenoxy) is 1. The number of imidazole rings is 1. The van der Waals surface area contributed by atoms with Gasteiger partial charge in [-0.3, -0.25) is 4.79 Å². The molecule has 0 radical (unpaired) electrons. The van der Waals surface area contributed by atoms with Gasteiger partial charge >= 0.3 is 5.97 Å². The SMILES string of the molecule is CC(C)n1cncc1C1C(C(=O)O)OCC(=O)N1C1CC1. The van der Waals surface area contributed by atoms with Crippen LogP contribution in [0.1, 0.15) is 44.5 Å². The molecule has 1 N–H and O–H groups in total. The summed E-state index contributed by atoms with van der Waals surface area (Å²) < 4.78 is 7.20. The molecule has 7 heteroatoms. The van der Waals surface area contributed by atoms with Gasteiger partial charge < -0.3 is 19.3 Å². The maximum absolute atomic E-state index is 12.2. The van der Waals surface area contributed by atoms with Gasteiger partial charge in [-0.1, -0.05) is 0 Å². The normalized spacial score (nSPS) is 26.4. The number of hydrogen-bond acceptors (Lipinski definition) is 4. The molecule has 1 saturated carbocycles. The number of carboxylic acids is 1. The van der Waals surface area contributed by atoms with Gasteiger partial charge in [0.05, 0.1) is 18.2 Å². The van der Waals surface area contributed by atoms with E-state index in [-0.39, 0.29) is 24.6 Å². The van der Waals surface area contributed by atoms with Crippen LogP contribution in [-0.2, 0) is 14.3 Å². The molecule has 21 heavy (non-hydrogen) atoms. The fourth-order valence-electron chi connectivity index (χ4n) is 2.89. The Kier molecular flexibility index (Phi) is 3.44. The second-order valence-electron chi connectivity index (χ2n) is 5.87. The predicted molar refractivity (Wildman–Crippen MR) is 72.6 cm³/mol. The fraction of sp³-hybridized carbons (Fsp3) is 0.643. The molecule has 1 aromatic rings. The maximum atomic E-state index is 12.2. The van der Waals surface area contributed by atoms with Crippen LogP contribution < -0.4 is 0 Å². The van der Waals surface area contributed by atoms with Crippen molar-refractivity contribution in [3.63, 3.8) is 0 Å². The van der Waals surface area contributed by atoms with E-state index in [1.165, 1.54) is 0 Å². The first-order valence-corrected chi connectivity index (χ1v) is 7.18. The van der Waals surface area contributed by atoms with Gasteiger partial charge in [0.1, 0.15) is 12.6 Å². The molecule has 2 fully saturated rings. The topological polar surface area (TPSA) is 84.7 Å². The number of aliphatic carboxylic acids is 1. The quantitative estimate of drug-likeness (QED) is 0.894. The number of nitrogens with zero attached hydrogens (tertiary/aromatic N) is 3. The number of amides is 1. The highest BCUT2D eigenvalue weighted by atomic mass is 16.5. The third-order valence-corrected chi connectivity index (χ3v) is 4.00. The number of rotatable bonds is 4. The minimum Gasteiger partial charge on any atom is -0.479 e. The minimum absolute atomic E-state index is 0.128. The van der Waals surface area contributed by atoms with Crippen molar-refractivity contribution in [2.24, 2.45) is 0 Å². The summed E-state index contributed by atoms with van der Waals surface area (Å²) in [6.45, 7) is 3.82. The number of morpholine rings is 1. The Morgan fingerprint density at radius 2 is 2.19 bits per heavy atom. The van der Waals surface area contributed by atoms with E-state index in [2.05, 4.69) is 4.98 Å². The summed E-state index contributed by atoms with van der Waals surface area (Å²) in [5.74, 6) is -1.19. The van der Waals surface area contributed by atoms with Gasteiger partial charge in [0.25, 0.3) is 0 Å². The van der Waals surface area contributed by atoms with Crippen LogP contribution in [0.25, 0.3) is 0 Å². The average Bonchev–Trinajstić information content (AvgIpc) is 3.13. The Hall–Kier alpha value is -1.89. The van der Waals surface area contributed by atoms with Crippen LogP contribution in [0.5, 0.6) is 0 Å². The molecule has 1 saturated heterocycles. The van der Waals surface area contributed by atoms with Crippen molar-refractivity contribution >= 4 is 11.9 Å². The van der Waals surface area contributed by atoms with Gasteiger partial charge in [0, 0.05) is 12.1 Å². The minimum atomic E-state index is -1.05. The summed E-state index contributed by atoms with van der Waals surface area (Å²) in [5, 5.41) is 9.45. The van der Waals surface area contributed by atoms with Gasteiger partial charge in [-0.05, 0) is 26.7 Å². The molecule has 7 nitrogen and oxygen atoms in total. The van der Waals surface area contributed by atoms with E-state index in [0.717, 1.165) is 18.5 Å². The Labute approximate surface area is 122 Å². The lowest BCUT2D eigenvalue weighted by Gasteiger charge is -2.40. The molecule has 0 bridgehead atoms. The van der Waals surface area contributed by atoms with Crippen molar-refractivity contribution in [2.75, 3.05) is 6.61 Å². The van der Waals surface area contributed by atoms with Crippen LogP contribution in [0.2, 0.25) is 0 Å². The zero-order valence-corrected chi connectivity index (χ0v) is 12.1. The van der Waals surface area contributed by atoms with Gasteiger partial charge in [-0.25, -0.2) is 9.78 Å². The largest absolute Gasteiger partial charge is 0.479 e. The van der Waals surface area contributed by atoms with Crippen LogP contribution in [0.4, 0.5) is 0 Å². The van der Waals surface area contributed by atoms with Crippen molar-refractivity contribution < 1.29 is 19.4 Å². The highest BCUT2D eigenvalue weighted by Crippen LogP contribution is 2.39. The Balaban J connectivity index is 2.04. The number of carbonyl (C=O) groups is 2. The van der Waals surface area contributed by atoms with Crippen molar-refractivity contribution in [1.82, 2.24) is 14.5 Å². The van der Waals surface area contributed by atoms with Gasteiger partial charge in [0.15, 0.2) is 6.10 Å². The lowest BCUT2D eigenvalue weighted by molar-refractivity contribution is -0.174. The van der Waals surface area contributed by atoms with E-state index in [0.29, 0.717) is 0 Å². The summed E-state index contributed by atoms with van der Waals surface area (Å²) in [5.41, 5.74) is 0.720. The van der Waals surface area contributed by atoms with Crippen LogP contribution in [0, 0.1) is 0 Å². The van der Waals surface area contributed by atoms with E-state index in [9.17, 15) is 14.7 Å². The van der Waals surface area contributed by atoms with Gasteiger partial charge in [0.2, 0.25) is 5.91 Å². The van der Waals surface area contributed by atoms with Crippen LogP contribution in [0.15, 0.2) is 12.5 Å². The Bertz CT molecular complexity index is 564. The standard InChI is InChI=1S/C14H19N3O4/c1-8(2)16-7-15-5-10(16)12-13(14(19)20)21-6-11(18)17(12)9-3-4-9/h5,7-9,12-13H,3-4,6H2,1-2H3,(H,19,20). The fourth-order valence-corrected chi connectivity index (χ4v) is 2.89. The van der Waals surface area contributed by atoms with Crippen molar-refractivity contribution in [2.45, 2.75) is 50.9 Å². The molecular formula is C14H19N3O4. The van der Waals surface area contributed by atoms with Gasteiger partial charge in [-0.15, -0.1) is 0 Å². The molecule has 0 spiro atoms. The molecule has 2 atom stereocenters. The molecular weight excluding hydrogens is 274 g/mol. The third kappa shape index (κ3) is 2.42. The molecule has 1 amide bonds. The van der Waals surface area contributed by atoms with Crippen molar-refractivity contribution in [3.8, 4) is 0 Å². The maximum Gasteiger partial charge on any atom is 0.335 e. The average molecular weight is 293 g/mol. The molecule has 1 aliphatic carbocycles. The second kappa shape index (κ2) is 5.14. The zero-order chi connectivity index (χ0) is 15.1. The molecule has 114 valence electrons. The van der Waals surface area contributed by atoms with Crippen molar-refractivity contribution in [3.05, 3.63) is 18.2 Å². The van der Waals surface area contributed by atoms with Crippen LogP contribution in [-0.4, -0.2) is 50.2 Å². The summed E-state index contributed by atoms with van der Waals surface area (Å²) in [6, 6.07) is -0.347. The Morgan fingerprint density at radius 1 is 1.48 bits per heavy atom. The lowest BCUT2D eigenvalue weighted by atomic mass is 10.0. The monoisotopic (exact) mass is 293 g/mol. The van der Waals surface area contributed by atoms with Crippen LogP contribution in [0.3, 0.4) is 0 Å². The summed E-state index contributed by atoms with van der Waals surface area (Å²) >= 11 is 0. The number of carboxylic acid groups (broad SMARTS) is 1. The smallest absolute Gasteiger partial charge is 0.335 e. The lowest BCUT2D eigenvalue weighted by Crippen LogP contribution is -2.53. The predicted octanol–water partition coefficient (Wildman–Crippen LogP) is 0.979. The molecule has 1 aromatic heterocycles.